The quantitative estimate of drug-likeness (QED) is 0.747. The third-order valence-corrected chi connectivity index (χ3v) is 3.76. The van der Waals surface area contributed by atoms with E-state index in [-0.39, 0.29) is 5.41 Å². The summed E-state index contributed by atoms with van der Waals surface area (Å²) in [6.45, 7) is 6.88. The number of ether oxygens (including phenoxy) is 1. The van der Waals surface area contributed by atoms with Crippen LogP contribution in [0.5, 0.6) is 0 Å². The van der Waals surface area contributed by atoms with E-state index in [1.807, 2.05) is 6.08 Å². The summed E-state index contributed by atoms with van der Waals surface area (Å²) < 4.78 is 5.76. The van der Waals surface area contributed by atoms with Gasteiger partial charge in [-0.2, -0.15) is 0 Å². The fourth-order valence-electron chi connectivity index (χ4n) is 2.52. The molecule has 2 rings (SSSR count). The molecule has 0 aromatic heterocycles. The van der Waals surface area contributed by atoms with Crippen LogP contribution in [0.15, 0.2) is 23.5 Å². The molecule has 90 valence electrons. The standard InChI is InChI=1S/C13H21NO2/c1-10(15)3-4-12-11(2)13(9-16-12)5-7-14-8-6-13/h3-4,10,14-15H,5-9H2,1-2H3/b4-3-. The summed E-state index contributed by atoms with van der Waals surface area (Å²) in [4.78, 5) is 0. The summed E-state index contributed by atoms with van der Waals surface area (Å²) in [6.07, 6.45) is 5.60. The molecule has 0 aromatic carbocycles. The number of piperidine rings is 1. The maximum absolute atomic E-state index is 9.23. The molecular weight excluding hydrogens is 202 g/mol. The van der Waals surface area contributed by atoms with Crippen molar-refractivity contribution in [3.8, 4) is 0 Å². The summed E-state index contributed by atoms with van der Waals surface area (Å²) >= 11 is 0. The van der Waals surface area contributed by atoms with Gasteiger partial charge >= 0.3 is 0 Å². The Morgan fingerprint density at radius 1 is 1.44 bits per heavy atom. The molecule has 0 aromatic rings. The van der Waals surface area contributed by atoms with Gasteiger partial charge in [0.15, 0.2) is 0 Å². The first kappa shape index (κ1) is 11.7. The van der Waals surface area contributed by atoms with Crippen LogP contribution in [-0.4, -0.2) is 30.9 Å². The summed E-state index contributed by atoms with van der Waals surface area (Å²) in [5, 5.41) is 12.6. The Morgan fingerprint density at radius 3 is 2.75 bits per heavy atom. The molecule has 1 fully saturated rings. The molecular formula is C13H21NO2. The van der Waals surface area contributed by atoms with Crippen LogP contribution in [0.25, 0.3) is 0 Å². The molecule has 2 aliphatic rings. The zero-order chi connectivity index (χ0) is 11.6. The highest BCUT2D eigenvalue weighted by atomic mass is 16.5. The molecule has 16 heavy (non-hydrogen) atoms. The summed E-state index contributed by atoms with van der Waals surface area (Å²) in [7, 11) is 0. The second kappa shape index (κ2) is 4.60. The normalized spacial score (nSPS) is 26.4. The second-order valence-corrected chi connectivity index (χ2v) is 4.91. The van der Waals surface area contributed by atoms with E-state index in [4.69, 9.17) is 4.74 Å². The van der Waals surface area contributed by atoms with Crippen molar-refractivity contribution in [3.05, 3.63) is 23.5 Å². The Bertz CT molecular complexity index is 312. The smallest absolute Gasteiger partial charge is 0.118 e. The van der Waals surface area contributed by atoms with Crippen LogP contribution in [0.4, 0.5) is 0 Å². The van der Waals surface area contributed by atoms with Crippen molar-refractivity contribution in [2.75, 3.05) is 19.7 Å². The minimum Gasteiger partial charge on any atom is -0.493 e. The Hall–Kier alpha value is -0.800. The van der Waals surface area contributed by atoms with Crippen molar-refractivity contribution in [2.24, 2.45) is 5.41 Å². The van der Waals surface area contributed by atoms with Crippen LogP contribution < -0.4 is 5.32 Å². The van der Waals surface area contributed by atoms with E-state index < -0.39 is 6.10 Å². The number of hydrogen-bond donors (Lipinski definition) is 2. The first-order valence-electron chi connectivity index (χ1n) is 6.05. The number of nitrogens with one attached hydrogen (secondary N) is 1. The van der Waals surface area contributed by atoms with Crippen molar-refractivity contribution in [1.82, 2.24) is 5.32 Å². The lowest BCUT2D eigenvalue weighted by molar-refractivity contribution is 0.139. The lowest BCUT2D eigenvalue weighted by Crippen LogP contribution is -2.38. The lowest BCUT2D eigenvalue weighted by Gasteiger charge is -2.33. The highest BCUT2D eigenvalue weighted by Gasteiger charge is 2.40. The van der Waals surface area contributed by atoms with E-state index in [2.05, 4.69) is 12.2 Å². The third kappa shape index (κ3) is 2.15. The van der Waals surface area contributed by atoms with Crippen molar-refractivity contribution >= 4 is 0 Å². The maximum Gasteiger partial charge on any atom is 0.118 e. The van der Waals surface area contributed by atoms with Gasteiger partial charge < -0.3 is 15.2 Å². The molecule has 0 saturated carbocycles. The second-order valence-electron chi connectivity index (χ2n) is 4.91. The molecule has 0 radical (unpaired) electrons. The van der Waals surface area contributed by atoms with E-state index >= 15 is 0 Å². The van der Waals surface area contributed by atoms with Crippen molar-refractivity contribution in [1.29, 1.82) is 0 Å². The molecule has 3 heteroatoms. The van der Waals surface area contributed by atoms with Gasteiger partial charge in [-0.05, 0) is 51.4 Å². The molecule has 0 amide bonds. The minimum atomic E-state index is -0.409. The van der Waals surface area contributed by atoms with Gasteiger partial charge in [-0.3, -0.25) is 0 Å². The molecule has 2 N–H and O–H groups in total. The van der Waals surface area contributed by atoms with Gasteiger partial charge in [0.2, 0.25) is 0 Å². The molecule has 0 aliphatic carbocycles. The summed E-state index contributed by atoms with van der Waals surface area (Å²) in [5.41, 5.74) is 1.61. The van der Waals surface area contributed by atoms with Crippen LogP contribution in [0.1, 0.15) is 26.7 Å². The molecule has 3 nitrogen and oxygen atoms in total. The Kier molecular flexibility index (Phi) is 3.36. The van der Waals surface area contributed by atoms with Crippen LogP contribution in [0.2, 0.25) is 0 Å². The van der Waals surface area contributed by atoms with Crippen molar-refractivity contribution in [2.45, 2.75) is 32.8 Å². The van der Waals surface area contributed by atoms with Crippen molar-refractivity contribution in [3.63, 3.8) is 0 Å². The van der Waals surface area contributed by atoms with E-state index in [9.17, 15) is 5.11 Å². The van der Waals surface area contributed by atoms with Crippen LogP contribution in [0.3, 0.4) is 0 Å². The van der Waals surface area contributed by atoms with Crippen LogP contribution >= 0.6 is 0 Å². The Labute approximate surface area is 97.2 Å². The number of allylic oxidation sites excluding steroid dienone is 1. The van der Waals surface area contributed by atoms with Gasteiger partial charge in [-0.25, -0.2) is 0 Å². The average molecular weight is 223 g/mol. The van der Waals surface area contributed by atoms with E-state index in [1.54, 1.807) is 13.0 Å². The summed E-state index contributed by atoms with van der Waals surface area (Å²) in [6, 6.07) is 0. The Balaban J connectivity index is 2.14. The SMILES string of the molecule is CC1=C(/C=C\C(C)O)OCC12CCNCC2. The third-order valence-electron chi connectivity index (χ3n) is 3.76. The molecule has 2 heterocycles. The maximum atomic E-state index is 9.23. The number of hydrogen-bond acceptors (Lipinski definition) is 3. The van der Waals surface area contributed by atoms with Gasteiger partial charge in [-0.1, -0.05) is 6.08 Å². The largest absolute Gasteiger partial charge is 0.493 e. The molecule has 0 bridgehead atoms. The first-order valence-corrected chi connectivity index (χ1v) is 6.05. The lowest BCUT2D eigenvalue weighted by atomic mass is 9.75. The van der Waals surface area contributed by atoms with Crippen LogP contribution in [0, 0.1) is 5.41 Å². The zero-order valence-electron chi connectivity index (χ0n) is 10.1. The van der Waals surface area contributed by atoms with Gasteiger partial charge in [0.1, 0.15) is 5.76 Å². The van der Waals surface area contributed by atoms with Gasteiger partial charge in [0.05, 0.1) is 12.7 Å². The summed E-state index contributed by atoms with van der Waals surface area (Å²) in [5.74, 6) is 0.961. The average Bonchev–Trinajstić information content (AvgIpc) is 2.56. The molecule has 2 aliphatic heterocycles. The van der Waals surface area contributed by atoms with Gasteiger partial charge in [0.25, 0.3) is 0 Å². The number of rotatable bonds is 2. The molecule has 1 spiro atoms. The van der Waals surface area contributed by atoms with Crippen molar-refractivity contribution < 1.29 is 9.84 Å². The zero-order valence-corrected chi connectivity index (χ0v) is 10.1. The van der Waals surface area contributed by atoms with Crippen LogP contribution in [-0.2, 0) is 4.74 Å². The van der Waals surface area contributed by atoms with E-state index in [0.717, 1.165) is 38.3 Å². The monoisotopic (exact) mass is 223 g/mol. The molecule has 1 unspecified atom stereocenters. The number of aliphatic hydroxyl groups excluding tert-OH is 1. The highest BCUT2D eigenvalue weighted by Crippen LogP contribution is 2.43. The highest BCUT2D eigenvalue weighted by molar-refractivity contribution is 5.30. The Morgan fingerprint density at radius 2 is 2.12 bits per heavy atom. The van der Waals surface area contributed by atoms with E-state index in [0.29, 0.717) is 0 Å². The fourth-order valence-corrected chi connectivity index (χ4v) is 2.52. The minimum absolute atomic E-state index is 0.254. The topological polar surface area (TPSA) is 41.5 Å². The molecule has 1 atom stereocenters. The first-order chi connectivity index (χ1) is 7.64. The fraction of sp³-hybridized carbons (Fsp3) is 0.692. The van der Waals surface area contributed by atoms with E-state index in [1.165, 1.54) is 5.57 Å². The van der Waals surface area contributed by atoms with Gasteiger partial charge in [-0.15, -0.1) is 0 Å². The molecule has 1 saturated heterocycles. The number of aliphatic hydroxyl groups is 1. The predicted octanol–water partition coefficient (Wildman–Crippen LogP) is 1.60. The van der Waals surface area contributed by atoms with Gasteiger partial charge in [0, 0.05) is 5.41 Å². The predicted molar refractivity (Wildman–Crippen MR) is 64.0 cm³/mol.